The molecule has 0 unspecified atom stereocenters. The van der Waals surface area contributed by atoms with E-state index in [4.69, 9.17) is 4.74 Å². The summed E-state index contributed by atoms with van der Waals surface area (Å²) in [6.07, 6.45) is 0. The Bertz CT molecular complexity index is 790. The molecule has 0 fully saturated rings. The quantitative estimate of drug-likeness (QED) is 0.707. The number of carboxylic acids is 1. The predicted octanol–water partition coefficient (Wildman–Crippen LogP) is 3.70. The summed E-state index contributed by atoms with van der Waals surface area (Å²) in [6, 6.07) is 15.0. The lowest BCUT2D eigenvalue weighted by atomic mass is 9.99. The summed E-state index contributed by atoms with van der Waals surface area (Å²) in [6.45, 7) is 0. The predicted molar refractivity (Wildman–Crippen MR) is 75.0 cm³/mol. The van der Waals surface area contributed by atoms with E-state index in [1.54, 1.807) is 19.2 Å². The highest BCUT2D eigenvalue weighted by Gasteiger charge is 2.12. The summed E-state index contributed by atoms with van der Waals surface area (Å²) in [7, 11) is 1.59. The fourth-order valence-corrected chi connectivity index (χ4v) is 2.37. The van der Waals surface area contributed by atoms with Gasteiger partial charge in [-0.15, -0.1) is 0 Å². The van der Waals surface area contributed by atoms with Crippen molar-refractivity contribution in [3.05, 3.63) is 54.1 Å². The molecule has 0 heterocycles. The molecule has 0 aliphatic heterocycles. The van der Waals surface area contributed by atoms with E-state index in [1.807, 2.05) is 36.4 Å². The molecule has 3 aromatic rings. The fraction of sp³-hybridized carbons (Fsp3) is 0.0625. The Labute approximate surface area is 110 Å². The van der Waals surface area contributed by atoms with Crippen molar-refractivity contribution in [2.24, 2.45) is 0 Å². The second-order valence-corrected chi connectivity index (χ2v) is 4.37. The second kappa shape index (κ2) is 4.28. The highest BCUT2D eigenvalue weighted by Crippen LogP contribution is 2.32. The lowest BCUT2D eigenvalue weighted by Gasteiger charge is -2.09. The van der Waals surface area contributed by atoms with Crippen LogP contribution in [-0.4, -0.2) is 18.2 Å². The average molecular weight is 252 g/mol. The van der Waals surface area contributed by atoms with Crippen molar-refractivity contribution in [2.75, 3.05) is 7.11 Å². The molecular weight excluding hydrogens is 240 g/mol. The molecule has 3 nitrogen and oxygen atoms in total. The van der Waals surface area contributed by atoms with Crippen LogP contribution >= 0.6 is 0 Å². The molecule has 94 valence electrons. The highest BCUT2D eigenvalue weighted by atomic mass is 16.5. The van der Waals surface area contributed by atoms with Crippen molar-refractivity contribution >= 4 is 27.5 Å². The van der Waals surface area contributed by atoms with Gasteiger partial charge in [-0.2, -0.15) is 0 Å². The van der Waals surface area contributed by atoms with E-state index < -0.39 is 5.97 Å². The van der Waals surface area contributed by atoms with E-state index in [0.29, 0.717) is 16.7 Å². The molecule has 3 heteroatoms. The van der Waals surface area contributed by atoms with Crippen LogP contribution in [0.5, 0.6) is 5.75 Å². The van der Waals surface area contributed by atoms with Crippen LogP contribution in [0.25, 0.3) is 21.5 Å². The normalized spacial score (nSPS) is 10.8. The summed E-state index contributed by atoms with van der Waals surface area (Å²) in [4.78, 5) is 11.3. The Hall–Kier alpha value is -2.55. The molecule has 0 radical (unpaired) electrons. The monoisotopic (exact) mass is 252 g/mol. The molecule has 0 aromatic heterocycles. The van der Waals surface area contributed by atoms with E-state index in [9.17, 15) is 9.90 Å². The molecule has 0 bridgehead atoms. The van der Waals surface area contributed by atoms with Crippen LogP contribution in [0.4, 0.5) is 0 Å². The van der Waals surface area contributed by atoms with Crippen molar-refractivity contribution in [2.45, 2.75) is 0 Å². The fourth-order valence-electron chi connectivity index (χ4n) is 2.37. The van der Waals surface area contributed by atoms with Crippen molar-refractivity contribution in [3.8, 4) is 5.75 Å². The Balaban J connectivity index is 2.49. The van der Waals surface area contributed by atoms with Crippen LogP contribution in [-0.2, 0) is 0 Å². The summed E-state index contributed by atoms with van der Waals surface area (Å²) in [5.41, 5.74) is 0.293. The van der Waals surface area contributed by atoms with Crippen molar-refractivity contribution in [1.82, 2.24) is 0 Å². The van der Waals surface area contributed by atoms with Crippen molar-refractivity contribution < 1.29 is 14.6 Å². The Morgan fingerprint density at radius 1 is 1.00 bits per heavy atom. The van der Waals surface area contributed by atoms with E-state index in [1.165, 1.54) is 0 Å². The van der Waals surface area contributed by atoms with Gasteiger partial charge in [-0.3, -0.25) is 0 Å². The summed E-state index contributed by atoms with van der Waals surface area (Å²) >= 11 is 0. The Morgan fingerprint density at radius 2 is 1.63 bits per heavy atom. The molecule has 0 saturated carbocycles. The maximum atomic E-state index is 11.3. The van der Waals surface area contributed by atoms with Gasteiger partial charge in [0.15, 0.2) is 0 Å². The van der Waals surface area contributed by atoms with Gasteiger partial charge in [0.1, 0.15) is 5.75 Å². The number of hydrogen-bond acceptors (Lipinski definition) is 2. The molecular formula is C16H12O3. The maximum Gasteiger partial charge on any atom is 0.336 e. The first kappa shape index (κ1) is 11.5. The number of aromatic carboxylic acids is 1. The smallest absolute Gasteiger partial charge is 0.336 e. The minimum absolute atomic E-state index is 0.293. The molecule has 3 rings (SSSR count). The topological polar surface area (TPSA) is 46.5 Å². The molecule has 0 aliphatic rings. The lowest BCUT2D eigenvalue weighted by Crippen LogP contribution is -1.98. The van der Waals surface area contributed by atoms with Gasteiger partial charge in [-0.1, -0.05) is 24.3 Å². The van der Waals surface area contributed by atoms with E-state index in [2.05, 4.69) is 0 Å². The number of fused-ring (bicyclic) bond motifs is 2. The lowest BCUT2D eigenvalue weighted by molar-refractivity contribution is 0.0699. The summed E-state index contributed by atoms with van der Waals surface area (Å²) in [5.74, 6) is -0.242. The molecule has 1 N–H and O–H groups in total. The second-order valence-electron chi connectivity index (χ2n) is 4.37. The summed E-state index contributed by atoms with van der Waals surface area (Å²) < 4.78 is 5.32. The first-order valence-corrected chi connectivity index (χ1v) is 5.93. The third-order valence-electron chi connectivity index (χ3n) is 3.29. The number of carboxylic acid groups (broad SMARTS) is 1. The average Bonchev–Trinajstić information content (AvgIpc) is 2.43. The molecule has 0 saturated heterocycles. The summed E-state index contributed by atoms with van der Waals surface area (Å²) in [5, 5.41) is 12.9. The molecule has 19 heavy (non-hydrogen) atoms. The van der Waals surface area contributed by atoms with Gasteiger partial charge in [-0.05, 0) is 35.0 Å². The van der Waals surface area contributed by atoms with Gasteiger partial charge in [-0.25, -0.2) is 4.79 Å². The largest absolute Gasteiger partial charge is 0.496 e. The van der Waals surface area contributed by atoms with Crippen LogP contribution in [0, 0.1) is 0 Å². The van der Waals surface area contributed by atoms with Crippen LogP contribution in [0.1, 0.15) is 10.4 Å². The van der Waals surface area contributed by atoms with Gasteiger partial charge in [0, 0.05) is 10.8 Å². The minimum Gasteiger partial charge on any atom is -0.496 e. The van der Waals surface area contributed by atoms with Crippen LogP contribution in [0.3, 0.4) is 0 Å². The van der Waals surface area contributed by atoms with Crippen LogP contribution in [0.15, 0.2) is 48.5 Å². The van der Waals surface area contributed by atoms with Crippen molar-refractivity contribution in [1.29, 1.82) is 0 Å². The number of benzene rings is 3. The highest BCUT2D eigenvalue weighted by molar-refractivity contribution is 6.10. The van der Waals surface area contributed by atoms with Crippen LogP contribution in [0.2, 0.25) is 0 Å². The van der Waals surface area contributed by atoms with Gasteiger partial charge in [0.2, 0.25) is 0 Å². The zero-order valence-corrected chi connectivity index (χ0v) is 10.4. The maximum absolute atomic E-state index is 11.3. The van der Waals surface area contributed by atoms with Gasteiger partial charge >= 0.3 is 5.97 Å². The SMILES string of the molecule is COc1ccc(C(=O)O)c2cc3ccccc3cc12. The number of ether oxygens (including phenoxy) is 1. The van der Waals surface area contributed by atoms with Gasteiger partial charge in [0.05, 0.1) is 12.7 Å². The molecule has 0 amide bonds. The van der Waals surface area contributed by atoms with Gasteiger partial charge < -0.3 is 9.84 Å². The van der Waals surface area contributed by atoms with Crippen LogP contribution < -0.4 is 4.74 Å². The third kappa shape index (κ3) is 1.80. The third-order valence-corrected chi connectivity index (χ3v) is 3.29. The first-order valence-electron chi connectivity index (χ1n) is 5.93. The zero-order chi connectivity index (χ0) is 13.4. The van der Waals surface area contributed by atoms with E-state index in [0.717, 1.165) is 16.2 Å². The minimum atomic E-state index is -0.928. The Kier molecular flexibility index (Phi) is 2.60. The molecule has 0 spiro atoms. The number of rotatable bonds is 2. The number of methoxy groups -OCH3 is 1. The molecule has 0 atom stereocenters. The standard InChI is InChI=1S/C16H12O3/c1-19-15-7-6-12(16(17)18)13-8-10-4-2-3-5-11(10)9-14(13)15/h2-9H,1H3,(H,17,18). The number of hydrogen-bond donors (Lipinski definition) is 1. The van der Waals surface area contributed by atoms with E-state index in [-0.39, 0.29) is 0 Å². The molecule has 3 aromatic carbocycles. The zero-order valence-electron chi connectivity index (χ0n) is 10.4. The Morgan fingerprint density at radius 3 is 2.21 bits per heavy atom. The van der Waals surface area contributed by atoms with Gasteiger partial charge in [0.25, 0.3) is 0 Å². The van der Waals surface area contributed by atoms with Crippen molar-refractivity contribution in [3.63, 3.8) is 0 Å². The number of carbonyl (C=O) groups is 1. The first-order chi connectivity index (χ1) is 9.20. The van der Waals surface area contributed by atoms with E-state index >= 15 is 0 Å². The molecule has 0 aliphatic carbocycles.